The second-order valence-corrected chi connectivity index (χ2v) is 3.36. The average molecular weight is 192 g/mol. The van der Waals surface area contributed by atoms with Gasteiger partial charge in [0, 0.05) is 42.2 Å². The summed E-state index contributed by atoms with van der Waals surface area (Å²) in [6.07, 6.45) is 1.63. The van der Waals surface area contributed by atoms with E-state index in [1.54, 1.807) is 0 Å². The molecule has 0 radical (unpaired) electrons. The lowest BCUT2D eigenvalue weighted by atomic mass is 10.1. The lowest BCUT2D eigenvalue weighted by Crippen LogP contribution is -2.06. The van der Waals surface area contributed by atoms with Crippen molar-refractivity contribution in [3.05, 3.63) is 0 Å². The number of aliphatic hydroxyl groups is 2. The molecule has 0 saturated carbocycles. The SMILES string of the molecule is OCCC(=S)CC(=S)CCO. The summed E-state index contributed by atoms with van der Waals surface area (Å²) in [5.74, 6) is 0. The summed E-state index contributed by atoms with van der Waals surface area (Å²) in [6, 6.07) is 0. The zero-order valence-electron chi connectivity index (χ0n) is 6.25. The van der Waals surface area contributed by atoms with E-state index in [0.29, 0.717) is 19.3 Å². The lowest BCUT2D eigenvalue weighted by molar-refractivity contribution is 0.306. The largest absolute Gasteiger partial charge is 0.396 e. The van der Waals surface area contributed by atoms with Crippen LogP contribution in [0.5, 0.6) is 0 Å². The Morgan fingerprint density at radius 1 is 0.909 bits per heavy atom. The summed E-state index contributed by atoms with van der Waals surface area (Å²) in [7, 11) is 0. The first-order valence-corrected chi connectivity index (χ1v) is 4.27. The van der Waals surface area contributed by atoms with E-state index in [9.17, 15) is 0 Å². The normalized spacial score (nSPS) is 9.64. The van der Waals surface area contributed by atoms with E-state index in [1.807, 2.05) is 0 Å². The van der Waals surface area contributed by atoms with Gasteiger partial charge in [0.1, 0.15) is 0 Å². The predicted octanol–water partition coefficient (Wildman–Crippen LogP) is 0.881. The maximum absolute atomic E-state index is 8.50. The standard InChI is InChI=1S/C7H12O2S2/c8-3-1-6(10)5-7(11)2-4-9/h8-9H,1-5H2. The molecule has 0 heterocycles. The Kier molecular flexibility index (Phi) is 6.85. The molecule has 0 rings (SSSR count). The molecular formula is C7H12O2S2. The Balaban J connectivity index is 3.49. The smallest absolute Gasteiger partial charge is 0.0476 e. The zero-order valence-corrected chi connectivity index (χ0v) is 7.88. The van der Waals surface area contributed by atoms with Crippen LogP contribution in [-0.4, -0.2) is 33.2 Å². The summed E-state index contributed by atoms with van der Waals surface area (Å²) in [5, 5.41) is 17.0. The molecule has 0 unspecified atom stereocenters. The fourth-order valence-electron chi connectivity index (χ4n) is 0.646. The average Bonchev–Trinajstić information content (AvgIpc) is 1.87. The van der Waals surface area contributed by atoms with Gasteiger partial charge >= 0.3 is 0 Å². The molecule has 0 spiro atoms. The van der Waals surface area contributed by atoms with Crippen molar-refractivity contribution in [3.63, 3.8) is 0 Å². The topological polar surface area (TPSA) is 40.5 Å². The van der Waals surface area contributed by atoms with Crippen LogP contribution >= 0.6 is 24.4 Å². The highest BCUT2D eigenvalue weighted by molar-refractivity contribution is 7.82. The van der Waals surface area contributed by atoms with Gasteiger partial charge in [-0.25, -0.2) is 0 Å². The fraction of sp³-hybridized carbons (Fsp3) is 0.714. The van der Waals surface area contributed by atoms with Crippen LogP contribution in [0.25, 0.3) is 0 Å². The molecular weight excluding hydrogens is 180 g/mol. The third-order valence-electron chi connectivity index (χ3n) is 1.18. The van der Waals surface area contributed by atoms with E-state index in [-0.39, 0.29) is 13.2 Å². The van der Waals surface area contributed by atoms with Gasteiger partial charge < -0.3 is 10.2 Å². The Morgan fingerprint density at radius 3 is 1.55 bits per heavy atom. The van der Waals surface area contributed by atoms with Crippen LogP contribution in [-0.2, 0) is 0 Å². The quantitative estimate of drug-likeness (QED) is 0.613. The number of rotatable bonds is 6. The van der Waals surface area contributed by atoms with E-state index in [1.165, 1.54) is 0 Å². The molecule has 0 atom stereocenters. The highest BCUT2D eigenvalue weighted by atomic mass is 32.1. The number of thiocarbonyl (C=S) groups is 2. The minimum atomic E-state index is 0.0839. The van der Waals surface area contributed by atoms with E-state index >= 15 is 0 Å². The minimum Gasteiger partial charge on any atom is -0.396 e. The molecule has 0 aromatic carbocycles. The van der Waals surface area contributed by atoms with Gasteiger partial charge in [-0.05, 0) is 0 Å². The monoisotopic (exact) mass is 192 g/mol. The number of hydrogen-bond donors (Lipinski definition) is 2. The zero-order chi connectivity index (χ0) is 8.69. The Labute approximate surface area is 77.2 Å². The number of aliphatic hydroxyl groups excluding tert-OH is 2. The molecule has 64 valence electrons. The van der Waals surface area contributed by atoms with Gasteiger partial charge in [0.05, 0.1) is 0 Å². The molecule has 0 aliphatic carbocycles. The van der Waals surface area contributed by atoms with Crippen LogP contribution in [0.3, 0.4) is 0 Å². The maximum Gasteiger partial charge on any atom is 0.0476 e. The van der Waals surface area contributed by atoms with Crippen molar-refractivity contribution in [3.8, 4) is 0 Å². The fourth-order valence-corrected chi connectivity index (χ4v) is 1.27. The van der Waals surface area contributed by atoms with Crippen LogP contribution in [0.4, 0.5) is 0 Å². The van der Waals surface area contributed by atoms with Crippen molar-refractivity contribution in [2.45, 2.75) is 19.3 Å². The molecule has 11 heavy (non-hydrogen) atoms. The molecule has 0 fully saturated rings. The molecule has 0 bridgehead atoms. The lowest BCUT2D eigenvalue weighted by Gasteiger charge is -2.01. The third kappa shape index (κ3) is 6.50. The first-order chi connectivity index (χ1) is 5.20. The van der Waals surface area contributed by atoms with Crippen molar-refractivity contribution >= 4 is 34.2 Å². The van der Waals surface area contributed by atoms with E-state index in [0.717, 1.165) is 9.73 Å². The van der Waals surface area contributed by atoms with Gasteiger partial charge in [-0.3, -0.25) is 0 Å². The van der Waals surface area contributed by atoms with Gasteiger partial charge in [-0.1, -0.05) is 24.4 Å². The van der Waals surface area contributed by atoms with Crippen molar-refractivity contribution < 1.29 is 10.2 Å². The second kappa shape index (κ2) is 6.79. The van der Waals surface area contributed by atoms with Gasteiger partial charge in [0.2, 0.25) is 0 Å². The summed E-state index contributed by atoms with van der Waals surface area (Å²) in [4.78, 5) is 1.54. The molecule has 0 amide bonds. The Bertz CT molecular complexity index is 129. The van der Waals surface area contributed by atoms with E-state index in [2.05, 4.69) is 0 Å². The first kappa shape index (κ1) is 11.1. The molecule has 2 N–H and O–H groups in total. The molecule has 0 aliphatic heterocycles. The van der Waals surface area contributed by atoms with Crippen LogP contribution in [0, 0.1) is 0 Å². The highest BCUT2D eigenvalue weighted by Gasteiger charge is 2.00. The molecule has 0 saturated heterocycles. The van der Waals surface area contributed by atoms with Crippen molar-refractivity contribution in [2.24, 2.45) is 0 Å². The van der Waals surface area contributed by atoms with Crippen LogP contribution in [0.2, 0.25) is 0 Å². The Hall–Kier alpha value is 0.100. The van der Waals surface area contributed by atoms with Crippen LogP contribution in [0.1, 0.15) is 19.3 Å². The van der Waals surface area contributed by atoms with Crippen molar-refractivity contribution in [1.29, 1.82) is 0 Å². The van der Waals surface area contributed by atoms with E-state index < -0.39 is 0 Å². The predicted molar refractivity (Wildman–Crippen MR) is 53.2 cm³/mol. The molecule has 0 aliphatic rings. The number of hydrogen-bond acceptors (Lipinski definition) is 4. The summed E-state index contributed by atoms with van der Waals surface area (Å²) < 4.78 is 0. The molecule has 0 aromatic heterocycles. The van der Waals surface area contributed by atoms with Crippen LogP contribution in [0.15, 0.2) is 0 Å². The summed E-state index contributed by atoms with van der Waals surface area (Å²) in [5.41, 5.74) is 0. The summed E-state index contributed by atoms with van der Waals surface area (Å²) in [6.45, 7) is 0.168. The van der Waals surface area contributed by atoms with Gasteiger partial charge in [-0.15, -0.1) is 0 Å². The molecule has 0 aromatic rings. The minimum absolute atomic E-state index is 0.0839. The second-order valence-electron chi connectivity index (χ2n) is 2.20. The van der Waals surface area contributed by atoms with Gasteiger partial charge in [0.25, 0.3) is 0 Å². The Morgan fingerprint density at radius 2 is 1.27 bits per heavy atom. The molecule has 2 nitrogen and oxygen atoms in total. The highest BCUT2D eigenvalue weighted by Crippen LogP contribution is 1.99. The first-order valence-electron chi connectivity index (χ1n) is 3.45. The van der Waals surface area contributed by atoms with Gasteiger partial charge in [-0.2, -0.15) is 0 Å². The summed E-state index contributed by atoms with van der Waals surface area (Å²) >= 11 is 9.83. The van der Waals surface area contributed by atoms with E-state index in [4.69, 9.17) is 34.6 Å². The molecule has 4 heteroatoms. The third-order valence-corrected chi connectivity index (χ3v) is 1.87. The van der Waals surface area contributed by atoms with Crippen molar-refractivity contribution in [1.82, 2.24) is 0 Å². The van der Waals surface area contributed by atoms with Crippen LogP contribution < -0.4 is 0 Å². The maximum atomic E-state index is 8.50. The van der Waals surface area contributed by atoms with Crippen molar-refractivity contribution in [2.75, 3.05) is 13.2 Å². The van der Waals surface area contributed by atoms with Gasteiger partial charge in [0.15, 0.2) is 0 Å².